The highest BCUT2D eigenvalue weighted by Crippen LogP contribution is 2.30. The van der Waals surface area contributed by atoms with Crippen LogP contribution < -0.4 is 5.56 Å². The van der Waals surface area contributed by atoms with Crippen LogP contribution in [0.4, 0.5) is 0 Å². The van der Waals surface area contributed by atoms with E-state index in [0.717, 1.165) is 20.8 Å². The predicted octanol–water partition coefficient (Wildman–Crippen LogP) is 5.47. The summed E-state index contributed by atoms with van der Waals surface area (Å²) in [6, 6.07) is 20.6. The Kier molecular flexibility index (Phi) is 4.44. The zero-order valence-corrected chi connectivity index (χ0v) is 16.6. The normalized spacial score (nSPS) is 11.8. The van der Waals surface area contributed by atoms with Crippen LogP contribution in [0.5, 0.6) is 0 Å². The monoisotopic (exact) mass is 374 g/mol. The van der Waals surface area contributed by atoms with Crippen LogP contribution in [0.15, 0.2) is 71.8 Å². The second-order valence-electron chi connectivity index (χ2n) is 7.82. The van der Waals surface area contributed by atoms with Gasteiger partial charge in [-0.1, -0.05) is 75.4 Å². The summed E-state index contributed by atoms with van der Waals surface area (Å²) in [4.78, 5) is 19.3. The van der Waals surface area contributed by atoms with Gasteiger partial charge in [0.25, 0.3) is 5.56 Å². The molecule has 0 saturated carbocycles. The number of hydrogen-bond donors (Lipinski definition) is 0. The molecule has 3 nitrogen and oxygen atoms in total. The summed E-state index contributed by atoms with van der Waals surface area (Å²) in [6.07, 6.45) is 1.66. The Hall–Kier alpha value is -2.72. The minimum Gasteiger partial charge on any atom is -0.294 e. The van der Waals surface area contributed by atoms with Crippen LogP contribution in [0.25, 0.3) is 20.7 Å². The largest absolute Gasteiger partial charge is 0.294 e. The minimum atomic E-state index is 0.0123. The topological polar surface area (TPSA) is 34.9 Å². The lowest BCUT2D eigenvalue weighted by Gasteiger charge is -2.19. The van der Waals surface area contributed by atoms with Crippen molar-refractivity contribution in [3.05, 3.63) is 88.5 Å². The van der Waals surface area contributed by atoms with Gasteiger partial charge in [-0.15, -0.1) is 11.3 Å². The van der Waals surface area contributed by atoms with Crippen LogP contribution in [0, 0.1) is 0 Å². The summed E-state index contributed by atoms with van der Waals surface area (Å²) in [5.41, 5.74) is 3.64. The molecule has 4 heteroatoms. The number of fused-ring (bicyclic) bond motifs is 1. The molecular weight excluding hydrogens is 352 g/mol. The van der Waals surface area contributed by atoms with Crippen molar-refractivity contribution in [1.82, 2.24) is 9.55 Å². The van der Waals surface area contributed by atoms with Crippen LogP contribution in [0.3, 0.4) is 0 Å². The Bertz CT molecular complexity index is 1130. The fourth-order valence-corrected chi connectivity index (χ4v) is 4.12. The van der Waals surface area contributed by atoms with Gasteiger partial charge in [-0.25, -0.2) is 4.98 Å². The summed E-state index contributed by atoms with van der Waals surface area (Å²) >= 11 is 1.56. The van der Waals surface area contributed by atoms with Crippen molar-refractivity contribution in [3.63, 3.8) is 0 Å². The SMILES string of the molecule is CC(C)(C)c1ccc(Cn2cnc3sc(-c4ccccc4)cc3c2=O)cc1. The average molecular weight is 375 g/mol. The Morgan fingerprint density at radius 1 is 1.00 bits per heavy atom. The second-order valence-corrected chi connectivity index (χ2v) is 8.85. The summed E-state index contributed by atoms with van der Waals surface area (Å²) in [5.74, 6) is 0. The number of aromatic nitrogens is 2. The van der Waals surface area contributed by atoms with Crippen LogP contribution >= 0.6 is 11.3 Å². The number of thiophene rings is 1. The molecule has 136 valence electrons. The molecule has 0 aliphatic heterocycles. The van der Waals surface area contributed by atoms with E-state index in [0.29, 0.717) is 11.9 Å². The molecule has 0 spiro atoms. The molecule has 0 unspecified atom stereocenters. The highest BCUT2D eigenvalue weighted by Gasteiger charge is 2.14. The summed E-state index contributed by atoms with van der Waals surface area (Å²) in [7, 11) is 0. The van der Waals surface area contributed by atoms with Crippen LogP contribution in [-0.4, -0.2) is 9.55 Å². The highest BCUT2D eigenvalue weighted by atomic mass is 32.1. The summed E-state index contributed by atoms with van der Waals surface area (Å²) < 4.78 is 1.69. The molecule has 0 aliphatic carbocycles. The molecule has 0 fully saturated rings. The Morgan fingerprint density at radius 2 is 1.70 bits per heavy atom. The van der Waals surface area contributed by atoms with Crippen molar-refractivity contribution in [3.8, 4) is 10.4 Å². The van der Waals surface area contributed by atoms with E-state index in [1.165, 1.54) is 5.56 Å². The van der Waals surface area contributed by atoms with Gasteiger partial charge < -0.3 is 0 Å². The van der Waals surface area contributed by atoms with Gasteiger partial charge in [0.1, 0.15) is 4.83 Å². The molecule has 2 aromatic heterocycles. The van der Waals surface area contributed by atoms with Gasteiger partial charge >= 0.3 is 0 Å². The Labute approximate surface area is 163 Å². The van der Waals surface area contributed by atoms with E-state index in [-0.39, 0.29) is 11.0 Å². The van der Waals surface area contributed by atoms with Crippen LogP contribution in [0.1, 0.15) is 31.9 Å². The first-order valence-corrected chi connectivity index (χ1v) is 9.87. The van der Waals surface area contributed by atoms with Gasteiger partial charge in [-0.2, -0.15) is 0 Å². The lowest BCUT2D eigenvalue weighted by molar-refractivity contribution is 0.589. The first-order chi connectivity index (χ1) is 12.9. The number of nitrogens with zero attached hydrogens (tertiary/aromatic N) is 2. The lowest BCUT2D eigenvalue weighted by atomic mass is 9.87. The molecule has 0 atom stereocenters. The van der Waals surface area contributed by atoms with E-state index in [4.69, 9.17) is 0 Å². The van der Waals surface area contributed by atoms with Gasteiger partial charge in [-0.05, 0) is 28.2 Å². The quantitative estimate of drug-likeness (QED) is 0.476. The van der Waals surface area contributed by atoms with Crippen molar-refractivity contribution < 1.29 is 0 Å². The maximum Gasteiger partial charge on any atom is 0.262 e. The molecule has 0 aliphatic rings. The van der Waals surface area contributed by atoms with Gasteiger partial charge in [0.15, 0.2) is 0 Å². The Balaban J connectivity index is 1.67. The Morgan fingerprint density at radius 3 is 2.37 bits per heavy atom. The standard InChI is InChI=1S/C23H22N2OS/c1-23(2,3)18-11-9-16(10-12-18)14-25-15-24-21-19(22(25)26)13-20(27-21)17-7-5-4-6-8-17/h4-13,15H,14H2,1-3H3. The number of hydrogen-bond acceptors (Lipinski definition) is 3. The van der Waals surface area contributed by atoms with Crippen LogP contribution in [0.2, 0.25) is 0 Å². The third kappa shape index (κ3) is 3.58. The maximum absolute atomic E-state index is 12.9. The van der Waals surface area contributed by atoms with E-state index >= 15 is 0 Å². The second kappa shape index (κ2) is 6.78. The molecule has 4 aromatic rings. The molecule has 0 amide bonds. The molecular formula is C23H22N2OS. The molecule has 2 heterocycles. The average Bonchev–Trinajstić information content (AvgIpc) is 3.10. The van der Waals surface area contributed by atoms with E-state index < -0.39 is 0 Å². The maximum atomic E-state index is 12.9. The molecule has 2 aromatic carbocycles. The lowest BCUT2D eigenvalue weighted by Crippen LogP contribution is -2.20. The first-order valence-electron chi connectivity index (χ1n) is 9.06. The number of rotatable bonds is 3. The molecule has 0 radical (unpaired) electrons. The van der Waals surface area contributed by atoms with E-state index in [1.54, 1.807) is 22.2 Å². The zero-order valence-electron chi connectivity index (χ0n) is 15.8. The summed E-state index contributed by atoms with van der Waals surface area (Å²) in [5, 5.41) is 0.688. The molecule has 27 heavy (non-hydrogen) atoms. The predicted molar refractivity (Wildman–Crippen MR) is 114 cm³/mol. The van der Waals surface area contributed by atoms with E-state index in [1.807, 2.05) is 24.3 Å². The molecule has 0 saturated heterocycles. The smallest absolute Gasteiger partial charge is 0.262 e. The molecule has 0 bridgehead atoms. The van der Waals surface area contributed by atoms with Gasteiger partial charge in [0.05, 0.1) is 18.3 Å². The highest BCUT2D eigenvalue weighted by molar-refractivity contribution is 7.21. The summed E-state index contributed by atoms with van der Waals surface area (Å²) in [6.45, 7) is 7.13. The third-order valence-corrected chi connectivity index (χ3v) is 5.84. The van der Waals surface area contributed by atoms with Crippen molar-refractivity contribution >= 4 is 21.6 Å². The van der Waals surface area contributed by atoms with E-state index in [9.17, 15) is 4.79 Å². The van der Waals surface area contributed by atoms with Crippen molar-refractivity contribution in [2.24, 2.45) is 0 Å². The van der Waals surface area contributed by atoms with Crippen molar-refractivity contribution in [1.29, 1.82) is 0 Å². The van der Waals surface area contributed by atoms with E-state index in [2.05, 4.69) is 62.2 Å². The fraction of sp³-hybridized carbons (Fsp3) is 0.217. The van der Waals surface area contributed by atoms with Gasteiger partial charge in [0, 0.05) is 4.88 Å². The third-order valence-electron chi connectivity index (χ3n) is 4.75. The van der Waals surface area contributed by atoms with Crippen molar-refractivity contribution in [2.45, 2.75) is 32.7 Å². The first kappa shape index (κ1) is 17.7. The van der Waals surface area contributed by atoms with Gasteiger partial charge in [-0.3, -0.25) is 9.36 Å². The van der Waals surface area contributed by atoms with Gasteiger partial charge in [0.2, 0.25) is 0 Å². The van der Waals surface area contributed by atoms with Crippen molar-refractivity contribution in [2.75, 3.05) is 0 Å². The zero-order chi connectivity index (χ0) is 19.0. The minimum absolute atomic E-state index is 0.0123. The molecule has 0 N–H and O–H groups in total. The fourth-order valence-electron chi connectivity index (χ4n) is 3.12. The van der Waals surface area contributed by atoms with Crippen LogP contribution in [-0.2, 0) is 12.0 Å². The number of benzene rings is 2. The molecule has 4 rings (SSSR count).